The summed E-state index contributed by atoms with van der Waals surface area (Å²) >= 11 is 0. The summed E-state index contributed by atoms with van der Waals surface area (Å²) in [5.74, 6) is 1.76. The lowest BCUT2D eigenvalue weighted by Gasteiger charge is -2.16. The Kier molecular flexibility index (Phi) is 7.16. The third-order valence-electron chi connectivity index (χ3n) is 11.4. The third kappa shape index (κ3) is 5.14. The van der Waals surface area contributed by atoms with Crippen LogP contribution in [0.25, 0.3) is 116 Å². The summed E-state index contributed by atoms with van der Waals surface area (Å²) in [6.07, 6.45) is 0. The average Bonchev–Trinajstić information content (AvgIpc) is 3.83. The molecule has 0 aliphatic heterocycles. The van der Waals surface area contributed by atoms with Gasteiger partial charge in [0, 0.05) is 32.7 Å². The molecule has 3 heterocycles. The maximum absolute atomic E-state index is 6.57. The van der Waals surface area contributed by atoms with E-state index in [9.17, 15) is 0 Å². The zero-order chi connectivity index (χ0) is 38.2. The lowest BCUT2D eigenvalue weighted by molar-refractivity contribution is 0.669. The van der Waals surface area contributed by atoms with Crippen LogP contribution in [0.3, 0.4) is 0 Å². The van der Waals surface area contributed by atoms with Crippen molar-refractivity contribution in [3.05, 3.63) is 194 Å². The standard InChI is InChI=1S/C53H32N4O/c1-2-12-33(13-3-1)35-22-25-36(26-23-35)51-54-52(40-27-24-34-14-4-5-15-37(34)30-40)56-53(55-51)50-45(28-29-48-49(50)42-19-9-11-21-47(42)58-48)57-44-20-10-8-18-41(44)43-31-38-16-6-7-17-39(38)32-46(43)57/h1-32H. The van der Waals surface area contributed by atoms with Gasteiger partial charge < -0.3 is 8.98 Å². The summed E-state index contributed by atoms with van der Waals surface area (Å²) in [4.78, 5) is 16.0. The molecule has 9 aromatic carbocycles. The van der Waals surface area contributed by atoms with Gasteiger partial charge in [0.15, 0.2) is 17.5 Å². The molecule has 0 saturated carbocycles. The second-order valence-corrected chi connectivity index (χ2v) is 14.8. The third-order valence-corrected chi connectivity index (χ3v) is 11.4. The van der Waals surface area contributed by atoms with Crippen molar-refractivity contribution in [1.29, 1.82) is 0 Å². The van der Waals surface area contributed by atoms with Crippen LogP contribution >= 0.6 is 0 Å². The molecule has 58 heavy (non-hydrogen) atoms. The number of fused-ring (bicyclic) bond motifs is 8. The fourth-order valence-electron chi connectivity index (χ4n) is 8.65. The molecular formula is C53H32N4O. The summed E-state index contributed by atoms with van der Waals surface area (Å²) in [6.45, 7) is 0. The summed E-state index contributed by atoms with van der Waals surface area (Å²) in [7, 11) is 0. The van der Waals surface area contributed by atoms with Crippen molar-refractivity contribution < 1.29 is 4.42 Å². The summed E-state index contributed by atoms with van der Waals surface area (Å²) < 4.78 is 8.95. The highest BCUT2D eigenvalue weighted by atomic mass is 16.3. The smallest absolute Gasteiger partial charge is 0.166 e. The highest BCUT2D eigenvalue weighted by Gasteiger charge is 2.24. The van der Waals surface area contributed by atoms with E-state index in [1.165, 1.54) is 21.5 Å². The van der Waals surface area contributed by atoms with E-state index >= 15 is 0 Å². The second-order valence-electron chi connectivity index (χ2n) is 14.8. The Balaban J connectivity index is 1.18. The number of para-hydroxylation sites is 2. The van der Waals surface area contributed by atoms with Crippen molar-refractivity contribution in [3.8, 4) is 51.0 Å². The first-order valence-corrected chi connectivity index (χ1v) is 19.5. The minimum atomic E-state index is 0.569. The van der Waals surface area contributed by atoms with Crippen molar-refractivity contribution in [2.45, 2.75) is 0 Å². The van der Waals surface area contributed by atoms with Crippen LogP contribution in [-0.4, -0.2) is 19.5 Å². The summed E-state index contributed by atoms with van der Waals surface area (Å²) in [5, 5.41) is 8.99. The number of furan rings is 1. The van der Waals surface area contributed by atoms with Gasteiger partial charge in [0.05, 0.1) is 22.3 Å². The van der Waals surface area contributed by atoms with Crippen molar-refractivity contribution in [2.75, 3.05) is 0 Å². The molecule has 12 rings (SSSR count). The highest BCUT2D eigenvalue weighted by molar-refractivity contribution is 6.17. The van der Waals surface area contributed by atoms with Crippen LogP contribution in [0, 0.1) is 0 Å². The van der Waals surface area contributed by atoms with E-state index in [4.69, 9.17) is 19.4 Å². The van der Waals surface area contributed by atoms with Gasteiger partial charge in [-0.15, -0.1) is 0 Å². The van der Waals surface area contributed by atoms with Crippen LogP contribution in [0.5, 0.6) is 0 Å². The second kappa shape index (κ2) is 12.8. The predicted molar refractivity (Wildman–Crippen MR) is 238 cm³/mol. The lowest BCUT2D eigenvalue weighted by Crippen LogP contribution is -2.04. The normalized spacial score (nSPS) is 11.8. The molecule has 12 aromatic rings. The zero-order valence-corrected chi connectivity index (χ0v) is 31.2. The molecule has 5 nitrogen and oxygen atoms in total. The molecule has 3 aromatic heterocycles. The van der Waals surface area contributed by atoms with Crippen LogP contribution in [0.1, 0.15) is 0 Å². The fourth-order valence-corrected chi connectivity index (χ4v) is 8.65. The van der Waals surface area contributed by atoms with Gasteiger partial charge in [0.25, 0.3) is 0 Å². The molecule has 0 atom stereocenters. The molecule has 0 fully saturated rings. The van der Waals surface area contributed by atoms with Gasteiger partial charge >= 0.3 is 0 Å². The largest absolute Gasteiger partial charge is 0.456 e. The molecule has 0 amide bonds. The number of rotatable bonds is 5. The first-order chi connectivity index (χ1) is 28.7. The number of aromatic nitrogens is 4. The van der Waals surface area contributed by atoms with Crippen molar-refractivity contribution in [2.24, 2.45) is 0 Å². The van der Waals surface area contributed by atoms with E-state index in [0.717, 1.165) is 77.2 Å². The number of hydrogen-bond acceptors (Lipinski definition) is 4. The SMILES string of the molecule is c1ccc(-c2ccc(-c3nc(-c4ccc5ccccc5c4)nc(-c4c(-n5c6ccccc6c6cc7ccccc7cc65)ccc5oc6ccccc6c45)n3)cc2)cc1. The molecule has 0 radical (unpaired) electrons. The fraction of sp³-hybridized carbons (Fsp3) is 0. The Labute approximate surface area is 333 Å². The number of benzene rings is 9. The molecule has 5 heteroatoms. The molecule has 0 spiro atoms. The summed E-state index contributed by atoms with van der Waals surface area (Å²) in [5.41, 5.74) is 9.73. The van der Waals surface area contributed by atoms with Gasteiger partial charge in [-0.25, -0.2) is 15.0 Å². The van der Waals surface area contributed by atoms with Gasteiger partial charge in [-0.1, -0.05) is 152 Å². The van der Waals surface area contributed by atoms with E-state index in [-0.39, 0.29) is 0 Å². The highest BCUT2D eigenvalue weighted by Crippen LogP contribution is 2.44. The number of nitrogens with zero attached hydrogens (tertiary/aromatic N) is 4. The van der Waals surface area contributed by atoms with E-state index < -0.39 is 0 Å². The van der Waals surface area contributed by atoms with E-state index in [1.54, 1.807) is 0 Å². The minimum absolute atomic E-state index is 0.569. The Morgan fingerprint density at radius 1 is 0.345 bits per heavy atom. The van der Waals surface area contributed by atoms with Crippen LogP contribution in [0.15, 0.2) is 199 Å². The monoisotopic (exact) mass is 740 g/mol. The van der Waals surface area contributed by atoms with Gasteiger partial charge in [0.2, 0.25) is 0 Å². The molecule has 0 bridgehead atoms. The van der Waals surface area contributed by atoms with E-state index in [1.807, 2.05) is 18.2 Å². The van der Waals surface area contributed by atoms with Crippen LogP contribution in [-0.2, 0) is 0 Å². The molecule has 0 unspecified atom stereocenters. The molecule has 270 valence electrons. The van der Waals surface area contributed by atoms with Crippen molar-refractivity contribution >= 4 is 65.3 Å². The van der Waals surface area contributed by atoms with Gasteiger partial charge in [0.1, 0.15) is 11.2 Å². The molecule has 0 aliphatic carbocycles. The molecule has 0 N–H and O–H groups in total. The van der Waals surface area contributed by atoms with E-state index in [0.29, 0.717) is 17.5 Å². The molecule has 0 saturated heterocycles. The van der Waals surface area contributed by atoms with Crippen molar-refractivity contribution in [1.82, 2.24) is 19.5 Å². The zero-order valence-electron chi connectivity index (χ0n) is 31.2. The maximum atomic E-state index is 6.57. The number of hydrogen-bond donors (Lipinski definition) is 0. The first kappa shape index (κ1) is 32.4. The Morgan fingerprint density at radius 2 is 0.931 bits per heavy atom. The Morgan fingerprint density at radius 3 is 1.74 bits per heavy atom. The molecular weight excluding hydrogens is 709 g/mol. The van der Waals surface area contributed by atoms with Crippen LogP contribution in [0.4, 0.5) is 0 Å². The van der Waals surface area contributed by atoms with Crippen molar-refractivity contribution in [3.63, 3.8) is 0 Å². The Bertz CT molecular complexity index is 3560. The van der Waals surface area contributed by atoms with Gasteiger partial charge in [-0.2, -0.15) is 0 Å². The van der Waals surface area contributed by atoms with Crippen LogP contribution < -0.4 is 0 Å². The predicted octanol–water partition coefficient (Wildman–Crippen LogP) is 13.8. The average molecular weight is 741 g/mol. The van der Waals surface area contributed by atoms with E-state index in [2.05, 4.69) is 180 Å². The molecule has 0 aliphatic rings. The topological polar surface area (TPSA) is 56.7 Å². The van der Waals surface area contributed by atoms with Gasteiger partial charge in [-0.3, -0.25) is 0 Å². The summed E-state index contributed by atoms with van der Waals surface area (Å²) in [6, 6.07) is 68.0. The quantitative estimate of drug-likeness (QED) is 0.176. The lowest BCUT2D eigenvalue weighted by atomic mass is 10.0. The minimum Gasteiger partial charge on any atom is -0.456 e. The maximum Gasteiger partial charge on any atom is 0.166 e. The Hall–Kier alpha value is -7.89. The first-order valence-electron chi connectivity index (χ1n) is 19.5. The van der Waals surface area contributed by atoms with Gasteiger partial charge in [-0.05, 0) is 75.1 Å². The van der Waals surface area contributed by atoms with Crippen LogP contribution in [0.2, 0.25) is 0 Å².